The lowest BCUT2D eigenvalue weighted by Gasteiger charge is -2.07. The average Bonchev–Trinajstić information content (AvgIpc) is 1.84. The number of methoxy groups -OCH3 is 1. The number of rotatable bonds is 2. The second kappa shape index (κ2) is 3.96. The van der Waals surface area contributed by atoms with Gasteiger partial charge < -0.3 is 4.74 Å². The van der Waals surface area contributed by atoms with E-state index in [1.165, 1.54) is 7.11 Å². The van der Waals surface area contributed by atoms with Crippen molar-refractivity contribution < 1.29 is 9.53 Å². The van der Waals surface area contributed by atoms with Gasteiger partial charge in [-0.05, 0) is 6.92 Å². The Kier molecular flexibility index (Phi) is 3.98. The Bertz CT molecular complexity index is 103. The summed E-state index contributed by atoms with van der Waals surface area (Å²) in [7, 11) is 1.30. The van der Waals surface area contributed by atoms with Gasteiger partial charge in [0, 0.05) is 0 Å². The van der Waals surface area contributed by atoms with Crippen LogP contribution in [0.15, 0.2) is 0 Å². The highest BCUT2D eigenvalue weighted by molar-refractivity contribution is 6.45. The van der Waals surface area contributed by atoms with Crippen LogP contribution in [0.2, 0.25) is 0 Å². The van der Waals surface area contributed by atoms with Crippen molar-refractivity contribution >= 4 is 29.2 Å². The van der Waals surface area contributed by atoms with E-state index in [0.717, 1.165) is 0 Å². The molecular formula is C5H8Cl2O2. The number of carbonyl (C=O) groups excluding carboxylic acids is 1. The third-order valence-corrected chi connectivity index (χ3v) is 1.71. The molecule has 0 aromatic rings. The third kappa shape index (κ3) is 2.92. The van der Waals surface area contributed by atoms with Crippen LogP contribution in [-0.4, -0.2) is 17.9 Å². The summed E-state index contributed by atoms with van der Waals surface area (Å²) in [5.74, 6) is -0.830. The summed E-state index contributed by atoms with van der Waals surface area (Å²) >= 11 is 10.7. The van der Waals surface area contributed by atoms with E-state index in [4.69, 9.17) is 23.2 Å². The fourth-order valence-electron chi connectivity index (χ4n) is 0.289. The molecular weight excluding hydrogens is 163 g/mol. The fourth-order valence-corrected chi connectivity index (χ4v) is 0.494. The van der Waals surface area contributed by atoms with Crippen LogP contribution in [0, 0.1) is 5.92 Å². The van der Waals surface area contributed by atoms with Crippen molar-refractivity contribution in [1.82, 2.24) is 0 Å². The normalized spacial score (nSPS) is 13.4. The zero-order chi connectivity index (χ0) is 7.44. The van der Waals surface area contributed by atoms with Crippen LogP contribution in [-0.2, 0) is 9.53 Å². The van der Waals surface area contributed by atoms with E-state index < -0.39 is 10.8 Å². The minimum absolute atomic E-state index is 0.384. The summed E-state index contributed by atoms with van der Waals surface area (Å²) in [5, 5.41) is 0. The minimum atomic E-state index is -0.683. The van der Waals surface area contributed by atoms with E-state index >= 15 is 0 Å². The predicted octanol–water partition coefficient (Wildman–Crippen LogP) is 1.60. The SMILES string of the molecule is COC(=O)C(C)C(Cl)Cl. The van der Waals surface area contributed by atoms with E-state index in [1.807, 2.05) is 0 Å². The van der Waals surface area contributed by atoms with Crippen LogP contribution in [0.4, 0.5) is 0 Å². The molecule has 0 saturated carbocycles. The van der Waals surface area contributed by atoms with Crippen LogP contribution in [0.25, 0.3) is 0 Å². The van der Waals surface area contributed by atoms with Crippen molar-refractivity contribution in [2.45, 2.75) is 11.8 Å². The van der Waals surface area contributed by atoms with Gasteiger partial charge in [0.2, 0.25) is 0 Å². The van der Waals surface area contributed by atoms with Gasteiger partial charge in [-0.2, -0.15) is 0 Å². The summed E-state index contributed by atoms with van der Waals surface area (Å²) < 4.78 is 4.37. The predicted molar refractivity (Wildman–Crippen MR) is 36.7 cm³/mol. The number of esters is 1. The number of hydrogen-bond donors (Lipinski definition) is 0. The molecule has 0 aromatic carbocycles. The summed E-state index contributed by atoms with van der Waals surface area (Å²) in [5.41, 5.74) is 0. The highest BCUT2D eigenvalue weighted by atomic mass is 35.5. The first kappa shape index (κ1) is 9.05. The van der Waals surface area contributed by atoms with E-state index in [0.29, 0.717) is 0 Å². The summed E-state index contributed by atoms with van der Waals surface area (Å²) in [6, 6.07) is 0. The third-order valence-electron chi connectivity index (χ3n) is 0.951. The number of ether oxygens (including phenoxy) is 1. The number of carbonyl (C=O) groups is 1. The van der Waals surface area contributed by atoms with Crippen molar-refractivity contribution in [1.29, 1.82) is 0 Å². The molecule has 1 atom stereocenters. The van der Waals surface area contributed by atoms with Crippen molar-refractivity contribution in [2.24, 2.45) is 5.92 Å². The van der Waals surface area contributed by atoms with E-state index in [9.17, 15) is 4.79 Å². The van der Waals surface area contributed by atoms with E-state index in [2.05, 4.69) is 4.74 Å². The van der Waals surface area contributed by atoms with Crippen LogP contribution >= 0.6 is 23.2 Å². The second-order valence-corrected chi connectivity index (χ2v) is 2.81. The maximum atomic E-state index is 10.6. The van der Waals surface area contributed by atoms with Crippen LogP contribution in [0.5, 0.6) is 0 Å². The number of alkyl halides is 2. The summed E-state index contributed by atoms with van der Waals surface area (Å²) in [6.07, 6.45) is 0. The lowest BCUT2D eigenvalue weighted by molar-refractivity contribution is -0.144. The molecule has 0 aliphatic rings. The molecule has 4 heteroatoms. The Morgan fingerprint density at radius 2 is 2.00 bits per heavy atom. The molecule has 2 nitrogen and oxygen atoms in total. The van der Waals surface area contributed by atoms with Crippen molar-refractivity contribution in [3.05, 3.63) is 0 Å². The first-order valence-corrected chi connectivity index (χ1v) is 3.33. The van der Waals surface area contributed by atoms with Crippen molar-refractivity contribution in [3.63, 3.8) is 0 Å². The molecule has 0 radical (unpaired) electrons. The molecule has 0 rings (SSSR count). The quantitative estimate of drug-likeness (QED) is 0.465. The van der Waals surface area contributed by atoms with Crippen molar-refractivity contribution in [2.75, 3.05) is 7.11 Å². The summed E-state index contributed by atoms with van der Waals surface area (Å²) in [6.45, 7) is 1.61. The molecule has 0 saturated heterocycles. The topological polar surface area (TPSA) is 26.3 Å². The molecule has 9 heavy (non-hydrogen) atoms. The number of hydrogen-bond acceptors (Lipinski definition) is 2. The van der Waals surface area contributed by atoms with Gasteiger partial charge in [0.1, 0.15) is 4.84 Å². The molecule has 0 aliphatic carbocycles. The zero-order valence-corrected chi connectivity index (χ0v) is 6.74. The van der Waals surface area contributed by atoms with Gasteiger partial charge >= 0.3 is 5.97 Å². The van der Waals surface area contributed by atoms with Gasteiger partial charge in [0.25, 0.3) is 0 Å². The second-order valence-electron chi connectivity index (χ2n) is 1.65. The van der Waals surface area contributed by atoms with Gasteiger partial charge in [0.15, 0.2) is 0 Å². The molecule has 0 aromatic heterocycles. The Hall–Kier alpha value is 0.0500. The Balaban J connectivity index is 3.72. The first-order chi connectivity index (χ1) is 4.09. The highest BCUT2D eigenvalue weighted by Crippen LogP contribution is 2.15. The minimum Gasteiger partial charge on any atom is -0.469 e. The zero-order valence-electron chi connectivity index (χ0n) is 5.23. The van der Waals surface area contributed by atoms with Gasteiger partial charge in [-0.1, -0.05) is 0 Å². The molecule has 0 amide bonds. The molecule has 54 valence electrons. The standard InChI is InChI=1S/C5H8Cl2O2/c1-3(4(6)7)5(8)9-2/h3-4H,1-2H3. The molecule has 1 unspecified atom stereocenters. The van der Waals surface area contributed by atoms with E-state index in [-0.39, 0.29) is 5.97 Å². The molecule has 0 N–H and O–H groups in total. The summed E-state index contributed by atoms with van der Waals surface area (Å²) in [4.78, 5) is 9.88. The van der Waals surface area contributed by atoms with Crippen LogP contribution < -0.4 is 0 Å². The Morgan fingerprint density at radius 3 is 2.11 bits per heavy atom. The van der Waals surface area contributed by atoms with Gasteiger partial charge in [-0.3, -0.25) is 4.79 Å². The maximum Gasteiger partial charge on any atom is 0.311 e. The van der Waals surface area contributed by atoms with Gasteiger partial charge in [0.05, 0.1) is 13.0 Å². The van der Waals surface area contributed by atoms with E-state index in [1.54, 1.807) is 6.92 Å². The first-order valence-electron chi connectivity index (χ1n) is 2.45. The smallest absolute Gasteiger partial charge is 0.311 e. The Morgan fingerprint density at radius 1 is 1.56 bits per heavy atom. The maximum absolute atomic E-state index is 10.6. The highest BCUT2D eigenvalue weighted by Gasteiger charge is 2.19. The average molecular weight is 171 g/mol. The van der Waals surface area contributed by atoms with Gasteiger partial charge in [-0.25, -0.2) is 0 Å². The Labute approximate surface area is 64.1 Å². The molecule has 0 fully saturated rings. The molecule has 0 aliphatic heterocycles. The monoisotopic (exact) mass is 170 g/mol. The lowest BCUT2D eigenvalue weighted by Crippen LogP contribution is -2.18. The molecule has 0 bridgehead atoms. The van der Waals surface area contributed by atoms with Crippen LogP contribution in [0.1, 0.15) is 6.92 Å². The van der Waals surface area contributed by atoms with Crippen LogP contribution in [0.3, 0.4) is 0 Å². The molecule has 0 spiro atoms. The number of halogens is 2. The molecule has 0 heterocycles. The lowest BCUT2D eigenvalue weighted by atomic mass is 10.2. The fraction of sp³-hybridized carbons (Fsp3) is 0.800. The largest absolute Gasteiger partial charge is 0.469 e. The van der Waals surface area contributed by atoms with Crippen molar-refractivity contribution in [3.8, 4) is 0 Å². The van der Waals surface area contributed by atoms with Gasteiger partial charge in [-0.15, -0.1) is 23.2 Å².